The van der Waals surface area contributed by atoms with Crippen molar-refractivity contribution >= 4 is 10.0 Å². The van der Waals surface area contributed by atoms with Crippen LogP contribution in [0, 0.1) is 12.8 Å². The predicted octanol–water partition coefficient (Wildman–Crippen LogP) is 2.55. The maximum Gasteiger partial charge on any atom is 0.244 e. The number of nitrogens with one attached hydrogen (secondary N) is 2. The molecule has 0 atom stereocenters. The summed E-state index contributed by atoms with van der Waals surface area (Å²) in [6, 6.07) is 1.63. The molecule has 120 valence electrons. The predicted molar refractivity (Wildman–Crippen MR) is 82.6 cm³/mol. The lowest BCUT2D eigenvalue weighted by Gasteiger charge is -2.25. The van der Waals surface area contributed by atoms with Crippen molar-refractivity contribution in [3.05, 3.63) is 17.6 Å². The van der Waals surface area contributed by atoms with Crippen LogP contribution < -0.4 is 10.0 Å². The van der Waals surface area contributed by atoms with Crippen LogP contribution >= 0.6 is 0 Å². The summed E-state index contributed by atoms with van der Waals surface area (Å²) in [7, 11) is -3.53. The molecule has 0 aliphatic heterocycles. The highest BCUT2D eigenvalue weighted by atomic mass is 32.2. The Bertz CT molecular complexity index is 586. The lowest BCUT2D eigenvalue weighted by molar-refractivity contribution is 0.399. The Labute approximate surface area is 127 Å². The van der Waals surface area contributed by atoms with E-state index in [2.05, 4.69) is 17.0 Å². The van der Waals surface area contributed by atoms with E-state index in [9.17, 15) is 8.42 Å². The van der Waals surface area contributed by atoms with Gasteiger partial charge in [-0.2, -0.15) is 0 Å². The third kappa shape index (κ3) is 4.08. The van der Waals surface area contributed by atoms with Crippen molar-refractivity contribution in [1.82, 2.24) is 10.0 Å². The summed E-state index contributed by atoms with van der Waals surface area (Å²) in [6.45, 7) is 9.11. The zero-order chi connectivity index (χ0) is 15.7. The topological polar surface area (TPSA) is 71.3 Å². The second-order valence-electron chi connectivity index (χ2n) is 6.41. The van der Waals surface area contributed by atoms with Crippen molar-refractivity contribution < 1.29 is 12.8 Å². The number of aryl methyl sites for hydroxylation is 1. The fraction of sp³-hybridized carbons (Fsp3) is 0.733. The first kappa shape index (κ1) is 16.5. The summed E-state index contributed by atoms with van der Waals surface area (Å²) >= 11 is 0. The van der Waals surface area contributed by atoms with Gasteiger partial charge in [-0.25, -0.2) is 13.1 Å². The molecule has 0 aromatic carbocycles. The summed E-state index contributed by atoms with van der Waals surface area (Å²) in [6.07, 6.45) is 3.21. The second-order valence-corrected chi connectivity index (χ2v) is 8.06. The standard InChI is InChI=1S/C15H26N2O3S/c1-5-8-16-10-13-9-14(11(2)20-13)21(18,19)17-15(3,4)12-6-7-12/h9,12,16-17H,5-8,10H2,1-4H3. The molecule has 0 radical (unpaired) electrons. The van der Waals surface area contributed by atoms with E-state index >= 15 is 0 Å². The smallest absolute Gasteiger partial charge is 0.244 e. The summed E-state index contributed by atoms with van der Waals surface area (Å²) in [5, 5.41) is 3.21. The highest BCUT2D eigenvalue weighted by molar-refractivity contribution is 7.89. The van der Waals surface area contributed by atoms with Gasteiger partial charge in [-0.1, -0.05) is 6.92 Å². The molecular weight excluding hydrogens is 288 g/mol. The molecule has 5 nitrogen and oxygen atoms in total. The molecule has 0 spiro atoms. The van der Waals surface area contributed by atoms with Crippen LogP contribution in [-0.2, 0) is 16.6 Å². The summed E-state index contributed by atoms with van der Waals surface area (Å²) in [5.41, 5.74) is -0.400. The van der Waals surface area contributed by atoms with Crippen molar-refractivity contribution in [1.29, 1.82) is 0 Å². The molecule has 0 bridgehead atoms. The Morgan fingerprint density at radius 3 is 2.62 bits per heavy atom. The molecule has 1 aromatic rings. The zero-order valence-corrected chi connectivity index (χ0v) is 14.1. The van der Waals surface area contributed by atoms with Crippen LogP contribution in [0.25, 0.3) is 0 Å². The number of furan rings is 1. The van der Waals surface area contributed by atoms with E-state index in [1.807, 2.05) is 13.8 Å². The fourth-order valence-corrected chi connectivity index (χ4v) is 4.23. The first-order valence-corrected chi connectivity index (χ1v) is 9.08. The van der Waals surface area contributed by atoms with E-state index in [-0.39, 0.29) is 4.90 Å². The molecule has 1 aromatic heterocycles. The molecule has 21 heavy (non-hydrogen) atoms. The summed E-state index contributed by atoms with van der Waals surface area (Å²) in [4.78, 5) is 0.254. The third-order valence-corrected chi connectivity index (χ3v) is 5.71. The average molecular weight is 314 g/mol. The van der Waals surface area contributed by atoms with Crippen LogP contribution in [0.5, 0.6) is 0 Å². The monoisotopic (exact) mass is 314 g/mol. The first-order chi connectivity index (χ1) is 9.76. The Morgan fingerprint density at radius 2 is 2.05 bits per heavy atom. The van der Waals surface area contributed by atoms with Crippen molar-refractivity contribution in [3.63, 3.8) is 0 Å². The Balaban J connectivity index is 2.12. The van der Waals surface area contributed by atoms with Gasteiger partial charge in [0.1, 0.15) is 16.4 Å². The Morgan fingerprint density at radius 1 is 1.38 bits per heavy atom. The maximum absolute atomic E-state index is 12.6. The third-order valence-electron chi connectivity index (χ3n) is 3.93. The Kier molecular flexibility index (Phi) is 4.80. The van der Waals surface area contributed by atoms with Gasteiger partial charge in [0.15, 0.2) is 0 Å². The van der Waals surface area contributed by atoms with Crippen LogP contribution in [0.4, 0.5) is 0 Å². The van der Waals surface area contributed by atoms with Gasteiger partial charge in [-0.15, -0.1) is 0 Å². The van der Waals surface area contributed by atoms with Gasteiger partial charge in [0, 0.05) is 11.6 Å². The average Bonchev–Trinajstić information content (AvgIpc) is 3.14. The molecule has 2 N–H and O–H groups in total. The summed E-state index contributed by atoms with van der Waals surface area (Å²) in [5.74, 6) is 1.54. The SMILES string of the molecule is CCCNCc1cc(S(=O)(=O)NC(C)(C)C2CC2)c(C)o1. The number of hydrogen-bond acceptors (Lipinski definition) is 4. The molecule has 1 aliphatic rings. The molecule has 0 unspecified atom stereocenters. The van der Waals surface area contributed by atoms with Gasteiger partial charge in [-0.05, 0) is 52.5 Å². The van der Waals surface area contributed by atoms with E-state index in [4.69, 9.17) is 4.42 Å². The number of sulfonamides is 1. The van der Waals surface area contributed by atoms with Gasteiger partial charge in [-0.3, -0.25) is 0 Å². The molecule has 1 saturated carbocycles. The van der Waals surface area contributed by atoms with Crippen molar-refractivity contribution in [2.45, 2.75) is 63.9 Å². The molecule has 2 rings (SSSR count). The lowest BCUT2D eigenvalue weighted by Crippen LogP contribution is -2.45. The van der Waals surface area contributed by atoms with E-state index in [0.717, 1.165) is 25.8 Å². The van der Waals surface area contributed by atoms with Crippen LogP contribution in [0.2, 0.25) is 0 Å². The zero-order valence-electron chi connectivity index (χ0n) is 13.3. The molecule has 0 amide bonds. The first-order valence-electron chi connectivity index (χ1n) is 7.60. The minimum atomic E-state index is -3.53. The highest BCUT2D eigenvalue weighted by Crippen LogP contribution is 2.40. The largest absolute Gasteiger partial charge is 0.464 e. The normalized spacial score (nSPS) is 16.4. The minimum absolute atomic E-state index is 0.254. The van der Waals surface area contributed by atoms with Crippen molar-refractivity contribution in [3.8, 4) is 0 Å². The highest BCUT2D eigenvalue weighted by Gasteiger charge is 2.41. The number of rotatable bonds is 8. The molecule has 1 heterocycles. The molecule has 1 aliphatic carbocycles. The van der Waals surface area contributed by atoms with Crippen molar-refractivity contribution in [2.75, 3.05) is 6.54 Å². The molecule has 1 fully saturated rings. The van der Waals surface area contributed by atoms with Gasteiger partial charge >= 0.3 is 0 Å². The number of hydrogen-bond donors (Lipinski definition) is 2. The van der Waals surface area contributed by atoms with E-state index in [1.54, 1.807) is 13.0 Å². The maximum atomic E-state index is 12.6. The second kappa shape index (κ2) is 6.10. The van der Waals surface area contributed by atoms with Gasteiger partial charge in [0.2, 0.25) is 10.0 Å². The molecular formula is C15H26N2O3S. The van der Waals surface area contributed by atoms with Crippen molar-refractivity contribution in [2.24, 2.45) is 5.92 Å². The quantitative estimate of drug-likeness (QED) is 0.723. The molecule has 0 saturated heterocycles. The summed E-state index contributed by atoms with van der Waals surface area (Å²) < 4.78 is 33.5. The van der Waals surface area contributed by atoms with Crippen LogP contribution in [0.1, 0.15) is 51.6 Å². The van der Waals surface area contributed by atoms with Crippen LogP contribution in [-0.4, -0.2) is 20.5 Å². The van der Waals surface area contributed by atoms with Gasteiger partial charge in [0.25, 0.3) is 0 Å². The minimum Gasteiger partial charge on any atom is -0.464 e. The van der Waals surface area contributed by atoms with Gasteiger partial charge in [0.05, 0.1) is 6.54 Å². The fourth-order valence-electron chi connectivity index (χ4n) is 2.56. The van der Waals surface area contributed by atoms with Crippen LogP contribution in [0.3, 0.4) is 0 Å². The van der Waals surface area contributed by atoms with E-state index < -0.39 is 15.6 Å². The van der Waals surface area contributed by atoms with Gasteiger partial charge < -0.3 is 9.73 Å². The van der Waals surface area contributed by atoms with Crippen LogP contribution in [0.15, 0.2) is 15.4 Å². The molecule has 6 heteroatoms. The Hall–Kier alpha value is -0.850. The van der Waals surface area contributed by atoms with E-state index in [1.165, 1.54) is 0 Å². The van der Waals surface area contributed by atoms with E-state index in [0.29, 0.717) is 24.0 Å². The lowest BCUT2D eigenvalue weighted by atomic mass is 10.0.